The zero-order valence-electron chi connectivity index (χ0n) is 10.8. The van der Waals surface area contributed by atoms with E-state index in [2.05, 4.69) is 25.7 Å². The van der Waals surface area contributed by atoms with Gasteiger partial charge in [0.25, 0.3) is 0 Å². The number of hydrogen-bond acceptors (Lipinski definition) is 7. The highest BCUT2D eigenvalue weighted by Gasteiger charge is 2.10. The third-order valence-electron chi connectivity index (χ3n) is 2.29. The molecule has 19 heavy (non-hydrogen) atoms. The molecule has 2 aromatic heterocycles. The van der Waals surface area contributed by atoms with Gasteiger partial charge >= 0.3 is 5.69 Å². The van der Waals surface area contributed by atoms with E-state index in [0.717, 1.165) is 23.1 Å². The van der Waals surface area contributed by atoms with Crippen LogP contribution in [-0.2, 0) is 12.3 Å². The van der Waals surface area contributed by atoms with Crippen molar-refractivity contribution in [2.24, 2.45) is 0 Å². The third kappa shape index (κ3) is 3.57. The van der Waals surface area contributed by atoms with Crippen LogP contribution >= 0.6 is 23.1 Å². The molecule has 0 aliphatic heterocycles. The van der Waals surface area contributed by atoms with Crippen molar-refractivity contribution in [3.63, 3.8) is 0 Å². The molecule has 2 aromatic rings. The number of anilines is 1. The van der Waals surface area contributed by atoms with Crippen molar-refractivity contribution in [3.8, 4) is 0 Å². The Kier molecular flexibility index (Phi) is 4.97. The van der Waals surface area contributed by atoms with E-state index in [-0.39, 0.29) is 5.69 Å². The fraction of sp³-hybridized carbons (Fsp3) is 0.600. The first-order valence-corrected chi connectivity index (χ1v) is 7.89. The molecular weight excluding hydrogens is 284 g/mol. The van der Waals surface area contributed by atoms with E-state index in [0.29, 0.717) is 17.5 Å². The quantitative estimate of drug-likeness (QED) is 0.754. The second kappa shape index (κ2) is 6.71. The Morgan fingerprint density at radius 2 is 2.26 bits per heavy atom. The second-order valence-electron chi connectivity index (χ2n) is 3.78. The molecule has 0 radical (unpaired) electrons. The molecule has 0 aliphatic rings. The number of nitrogens with one attached hydrogen (secondary N) is 2. The van der Waals surface area contributed by atoms with Crippen LogP contribution in [-0.4, -0.2) is 31.5 Å². The molecule has 9 heteroatoms. The Balaban J connectivity index is 1.99. The van der Waals surface area contributed by atoms with Crippen LogP contribution in [0.5, 0.6) is 0 Å². The van der Waals surface area contributed by atoms with Crippen LogP contribution in [0.1, 0.15) is 25.3 Å². The lowest BCUT2D eigenvalue weighted by Crippen LogP contribution is -2.17. The van der Waals surface area contributed by atoms with E-state index in [4.69, 9.17) is 0 Å². The SMILES string of the molecule is CCCn1c(SCc2nnc(NCC)s2)n[nH]c1=O. The Labute approximate surface area is 118 Å². The molecule has 0 atom stereocenters. The molecule has 0 saturated heterocycles. The number of aromatic nitrogens is 5. The lowest BCUT2D eigenvalue weighted by Gasteiger charge is -2.01. The van der Waals surface area contributed by atoms with Gasteiger partial charge in [-0.25, -0.2) is 9.89 Å². The monoisotopic (exact) mass is 300 g/mol. The zero-order valence-corrected chi connectivity index (χ0v) is 12.5. The Hall–Kier alpha value is -1.35. The van der Waals surface area contributed by atoms with E-state index in [9.17, 15) is 4.79 Å². The summed E-state index contributed by atoms with van der Waals surface area (Å²) in [7, 11) is 0. The van der Waals surface area contributed by atoms with Crippen LogP contribution in [0.2, 0.25) is 0 Å². The maximum absolute atomic E-state index is 11.5. The normalized spacial score (nSPS) is 10.8. The Morgan fingerprint density at radius 3 is 3.00 bits per heavy atom. The first kappa shape index (κ1) is 14.1. The molecule has 0 spiro atoms. The van der Waals surface area contributed by atoms with Crippen molar-refractivity contribution >= 4 is 28.2 Å². The van der Waals surface area contributed by atoms with Crippen LogP contribution < -0.4 is 11.0 Å². The molecule has 0 bridgehead atoms. The fourth-order valence-electron chi connectivity index (χ4n) is 1.50. The van der Waals surface area contributed by atoms with Gasteiger partial charge in [-0.05, 0) is 13.3 Å². The number of rotatable bonds is 7. The summed E-state index contributed by atoms with van der Waals surface area (Å²) < 4.78 is 1.65. The minimum atomic E-state index is -0.157. The molecule has 2 N–H and O–H groups in total. The lowest BCUT2D eigenvalue weighted by molar-refractivity contribution is 0.604. The molecule has 0 aromatic carbocycles. The third-order valence-corrected chi connectivity index (χ3v) is 4.34. The van der Waals surface area contributed by atoms with Gasteiger partial charge in [-0.2, -0.15) is 0 Å². The minimum absolute atomic E-state index is 0.157. The van der Waals surface area contributed by atoms with Crippen molar-refractivity contribution in [1.29, 1.82) is 0 Å². The van der Waals surface area contributed by atoms with E-state index >= 15 is 0 Å². The first-order chi connectivity index (χ1) is 9.24. The van der Waals surface area contributed by atoms with Crippen LogP contribution in [0.4, 0.5) is 5.13 Å². The summed E-state index contributed by atoms with van der Waals surface area (Å²) in [5.74, 6) is 0.664. The summed E-state index contributed by atoms with van der Waals surface area (Å²) in [6.45, 7) is 5.55. The van der Waals surface area contributed by atoms with Gasteiger partial charge in [0.2, 0.25) is 5.13 Å². The number of aromatic amines is 1. The average Bonchev–Trinajstić information content (AvgIpc) is 2.97. The summed E-state index contributed by atoms with van der Waals surface area (Å²) >= 11 is 3.02. The number of H-pyrrole nitrogens is 1. The summed E-state index contributed by atoms with van der Waals surface area (Å²) in [4.78, 5) is 11.5. The molecule has 7 nitrogen and oxygen atoms in total. The van der Waals surface area contributed by atoms with Gasteiger partial charge in [0.05, 0.1) is 5.75 Å². The summed E-state index contributed by atoms with van der Waals surface area (Å²) in [5.41, 5.74) is -0.157. The molecular formula is C10H16N6OS2. The van der Waals surface area contributed by atoms with E-state index in [1.807, 2.05) is 13.8 Å². The van der Waals surface area contributed by atoms with Gasteiger partial charge in [-0.1, -0.05) is 30.0 Å². The van der Waals surface area contributed by atoms with Crippen molar-refractivity contribution in [2.45, 2.75) is 37.7 Å². The molecule has 104 valence electrons. The minimum Gasteiger partial charge on any atom is -0.360 e. The van der Waals surface area contributed by atoms with Gasteiger partial charge in [-0.15, -0.1) is 15.3 Å². The fourth-order valence-corrected chi connectivity index (χ4v) is 3.26. The van der Waals surface area contributed by atoms with E-state index in [1.165, 1.54) is 23.1 Å². The molecule has 0 saturated carbocycles. The molecule has 0 aliphatic carbocycles. The Bertz CT molecular complexity index is 575. The van der Waals surface area contributed by atoms with Gasteiger partial charge in [0.15, 0.2) is 5.16 Å². The van der Waals surface area contributed by atoms with Crippen LogP contribution in [0.25, 0.3) is 0 Å². The zero-order chi connectivity index (χ0) is 13.7. The topological polar surface area (TPSA) is 88.5 Å². The summed E-state index contributed by atoms with van der Waals surface area (Å²) in [5, 5.41) is 20.2. The lowest BCUT2D eigenvalue weighted by atomic mass is 10.5. The van der Waals surface area contributed by atoms with Crippen LogP contribution in [0.15, 0.2) is 9.95 Å². The Morgan fingerprint density at radius 1 is 1.42 bits per heavy atom. The van der Waals surface area contributed by atoms with E-state index < -0.39 is 0 Å². The number of hydrogen-bond donors (Lipinski definition) is 2. The molecule has 0 fully saturated rings. The van der Waals surface area contributed by atoms with Crippen LogP contribution in [0.3, 0.4) is 0 Å². The highest BCUT2D eigenvalue weighted by atomic mass is 32.2. The van der Waals surface area contributed by atoms with E-state index in [1.54, 1.807) is 4.57 Å². The van der Waals surface area contributed by atoms with Gasteiger partial charge < -0.3 is 5.32 Å². The van der Waals surface area contributed by atoms with Gasteiger partial charge in [0, 0.05) is 13.1 Å². The number of nitrogens with zero attached hydrogens (tertiary/aromatic N) is 4. The standard InChI is InChI=1S/C10H16N6OS2/c1-3-5-16-9(17)14-15-10(16)18-6-7-12-13-8(19-7)11-4-2/h3-6H2,1-2H3,(H,11,13)(H,14,17). The highest BCUT2D eigenvalue weighted by molar-refractivity contribution is 7.98. The molecule has 2 rings (SSSR count). The average molecular weight is 300 g/mol. The summed E-state index contributed by atoms with van der Waals surface area (Å²) in [6.07, 6.45) is 0.899. The number of thioether (sulfide) groups is 1. The van der Waals surface area contributed by atoms with Gasteiger partial charge in [-0.3, -0.25) is 4.57 Å². The second-order valence-corrected chi connectivity index (χ2v) is 5.79. The maximum atomic E-state index is 11.5. The smallest absolute Gasteiger partial charge is 0.343 e. The van der Waals surface area contributed by atoms with Gasteiger partial charge in [0.1, 0.15) is 5.01 Å². The predicted molar refractivity (Wildman–Crippen MR) is 76.8 cm³/mol. The van der Waals surface area contributed by atoms with Crippen molar-refractivity contribution in [3.05, 3.63) is 15.5 Å². The highest BCUT2D eigenvalue weighted by Crippen LogP contribution is 2.23. The van der Waals surface area contributed by atoms with Crippen molar-refractivity contribution in [2.75, 3.05) is 11.9 Å². The maximum Gasteiger partial charge on any atom is 0.343 e. The van der Waals surface area contributed by atoms with Crippen molar-refractivity contribution in [1.82, 2.24) is 25.0 Å². The predicted octanol–water partition coefficient (Wildman–Crippen LogP) is 1.56. The molecule has 0 unspecified atom stereocenters. The molecule has 0 amide bonds. The first-order valence-electron chi connectivity index (χ1n) is 6.08. The molecule has 2 heterocycles. The van der Waals surface area contributed by atoms with Crippen molar-refractivity contribution < 1.29 is 0 Å². The van der Waals surface area contributed by atoms with Crippen LogP contribution in [0, 0.1) is 0 Å². The summed E-state index contributed by atoms with van der Waals surface area (Å²) in [6, 6.07) is 0. The largest absolute Gasteiger partial charge is 0.360 e.